The average molecular weight is 489 g/mol. The van der Waals surface area contributed by atoms with Crippen molar-refractivity contribution in [2.45, 2.75) is 11.3 Å². The number of rotatable bonds is 6. The lowest BCUT2D eigenvalue weighted by atomic mass is 10.2. The van der Waals surface area contributed by atoms with Crippen LogP contribution in [0, 0.1) is 5.82 Å². The molecule has 3 aromatic rings. The van der Waals surface area contributed by atoms with E-state index >= 15 is 0 Å². The van der Waals surface area contributed by atoms with Crippen molar-refractivity contribution in [2.24, 2.45) is 0 Å². The summed E-state index contributed by atoms with van der Waals surface area (Å²) in [6, 6.07) is 16.1. The summed E-state index contributed by atoms with van der Waals surface area (Å²) in [5.74, 6) is -2.11. The number of nitrogens with zero attached hydrogens (tertiary/aromatic N) is 1. The number of carbonyl (C=O) groups is 2. The number of anilines is 2. The number of halogens is 2. The standard InChI is InChI=1S/C23H18ClFN2O5S/c24-19-13-17(25)8-9-20(19)26-22(28)14-32-23(29)16-5-3-6-18(12-16)33(30,31)27-11-10-15-4-1-2-7-21(15)27/h1-9,12-13H,10-11,14H2,(H,26,28). The Bertz CT molecular complexity index is 1350. The highest BCUT2D eigenvalue weighted by Crippen LogP contribution is 2.32. The first-order valence-electron chi connectivity index (χ1n) is 9.88. The smallest absolute Gasteiger partial charge is 0.338 e. The normalized spacial score (nSPS) is 12.8. The summed E-state index contributed by atoms with van der Waals surface area (Å²) in [6.45, 7) is -0.328. The molecule has 0 aliphatic carbocycles. The highest BCUT2D eigenvalue weighted by Gasteiger charge is 2.31. The van der Waals surface area contributed by atoms with Gasteiger partial charge in [-0.1, -0.05) is 35.9 Å². The van der Waals surface area contributed by atoms with Crippen LogP contribution in [0.4, 0.5) is 15.8 Å². The molecule has 0 saturated carbocycles. The molecule has 4 rings (SSSR count). The first-order valence-corrected chi connectivity index (χ1v) is 11.7. The molecule has 0 atom stereocenters. The van der Waals surface area contributed by atoms with Crippen molar-refractivity contribution in [2.75, 3.05) is 22.8 Å². The summed E-state index contributed by atoms with van der Waals surface area (Å²) < 4.78 is 45.7. The number of nitrogens with one attached hydrogen (secondary N) is 1. The quantitative estimate of drug-likeness (QED) is 0.529. The van der Waals surface area contributed by atoms with Crippen LogP contribution in [-0.2, 0) is 26.0 Å². The lowest BCUT2D eigenvalue weighted by molar-refractivity contribution is -0.119. The Kier molecular flexibility index (Phi) is 6.35. The summed E-state index contributed by atoms with van der Waals surface area (Å²) >= 11 is 5.85. The molecule has 1 aliphatic heterocycles. The average Bonchev–Trinajstić information content (AvgIpc) is 3.24. The van der Waals surface area contributed by atoms with E-state index in [1.165, 1.54) is 34.6 Å². The van der Waals surface area contributed by atoms with Crippen LogP contribution in [0.25, 0.3) is 0 Å². The predicted octanol–water partition coefficient (Wildman–Crippen LogP) is 4.03. The Morgan fingerprint density at radius 2 is 1.85 bits per heavy atom. The van der Waals surface area contributed by atoms with Crippen LogP contribution in [0.5, 0.6) is 0 Å². The summed E-state index contributed by atoms with van der Waals surface area (Å²) in [5.41, 5.74) is 1.69. The number of benzene rings is 3. The van der Waals surface area contributed by atoms with Crippen LogP contribution in [0.3, 0.4) is 0 Å². The van der Waals surface area contributed by atoms with Crippen molar-refractivity contribution >= 4 is 44.9 Å². The van der Waals surface area contributed by atoms with Gasteiger partial charge in [0.1, 0.15) is 5.82 Å². The summed E-state index contributed by atoms with van der Waals surface area (Å²) in [5, 5.41) is 2.41. The number of carbonyl (C=O) groups excluding carboxylic acids is 2. The fraction of sp³-hybridized carbons (Fsp3) is 0.130. The summed E-state index contributed by atoms with van der Waals surface area (Å²) in [7, 11) is -3.89. The monoisotopic (exact) mass is 488 g/mol. The maximum absolute atomic E-state index is 13.2. The first-order chi connectivity index (χ1) is 15.8. The number of sulfonamides is 1. The third-order valence-corrected chi connectivity index (χ3v) is 7.16. The molecule has 0 spiro atoms. The first kappa shape index (κ1) is 22.8. The zero-order chi connectivity index (χ0) is 23.6. The minimum Gasteiger partial charge on any atom is -0.452 e. The van der Waals surface area contributed by atoms with Gasteiger partial charge in [-0.15, -0.1) is 0 Å². The minimum atomic E-state index is -3.89. The largest absolute Gasteiger partial charge is 0.452 e. The molecule has 10 heteroatoms. The number of fused-ring (bicyclic) bond motifs is 1. The molecule has 170 valence electrons. The number of hydrogen-bond acceptors (Lipinski definition) is 5. The van der Waals surface area contributed by atoms with Crippen molar-refractivity contribution in [1.82, 2.24) is 0 Å². The van der Waals surface area contributed by atoms with Gasteiger partial charge in [-0.3, -0.25) is 9.10 Å². The molecule has 0 bridgehead atoms. The van der Waals surface area contributed by atoms with E-state index in [4.69, 9.17) is 16.3 Å². The Morgan fingerprint density at radius 3 is 2.64 bits per heavy atom. The van der Waals surface area contributed by atoms with Gasteiger partial charge in [0.05, 0.1) is 26.9 Å². The number of esters is 1. The number of ether oxygens (including phenoxy) is 1. The van der Waals surface area contributed by atoms with E-state index in [9.17, 15) is 22.4 Å². The third-order valence-electron chi connectivity index (χ3n) is 5.04. The Labute approximate surface area is 194 Å². The van der Waals surface area contributed by atoms with E-state index in [1.807, 2.05) is 12.1 Å². The van der Waals surface area contributed by atoms with Crippen LogP contribution < -0.4 is 9.62 Å². The molecule has 0 aromatic heterocycles. The predicted molar refractivity (Wildman–Crippen MR) is 121 cm³/mol. The Balaban J connectivity index is 1.44. The Morgan fingerprint density at radius 1 is 1.06 bits per heavy atom. The fourth-order valence-electron chi connectivity index (χ4n) is 3.46. The van der Waals surface area contributed by atoms with E-state index in [0.29, 0.717) is 18.7 Å². The third kappa shape index (κ3) is 4.84. The lowest BCUT2D eigenvalue weighted by Crippen LogP contribution is -2.29. The Hall–Kier alpha value is -3.43. The molecule has 1 amide bonds. The second-order valence-electron chi connectivity index (χ2n) is 7.23. The highest BCUT2D eigenvalue weighted by molar-refractivity contribution is 7.92. The highest BCUT2D eigenvalue weighted by atomic mass is 35.5. The molecule has 1 heterocycles. The van der Waals surface area contributed by atoms with Crippen molar-refractivity contribution in [1.29, 1.82) is 0 Å². The van der Waals surface area contributed by atoms with Crippen LogP contribution in [0.2, 0.25) is 5.02 Å². The molecule has 0 saturated heterocycles. The van der Waals surface area contributed by atoms with Crippen LogP contribution in [-0.4, -0.2) is 33.4 Å². The second kappa shape index (κ2) is 9.21. The van der Waals surface area contributed by atoms with E-state index in [2.05, 4.69) is 5.32 Å². The molecule has 1 aliphatic rings. The van der Waals surface area contributed by atoms with Crippen LogP contribution in [0.15, 0.2) is 71.6 Å². The zero-order valence-corrected chi connectivity index (χ0v) is 18.7. The molecule has 0 unspecified atom stereocenters. The molecule has 7 nitrogen and oxygen atoms in total. The van der Waals surface area contributed by atoms with Crippen molar-refractivity contribution < 1.29 is 27.1 Å². The maximum Gasteiger partial charge on any atom is 0.338 e. The molecule has 0 radical (unpaired) electrons. The SMILES string of the molecule is O=C(COC(=O)c1cccc(S(=O)(=O)N2CCc3ccccc32)c1)Nc1ccc(F)cc1Cl. The fourth-order valence-corrected chi connectivity index (χ4v) is 5.22. The van der Waals surface area contributed by atoms with Gasteiger partial charge in [0.2, 0.25) is 0 Å². The van der Waals surface area contributed by atoms with Gasteiger partial charge in [0.15, 0.2) is 6.61 Å². The van der Waals surface area contributed by atoms with Gasteiger partial charge in [0.25, 0.3) is 15.9 Å². The van der Waals surface area contributed by atoms with E-state index in [-0.39, 0.29) is 21.2 Å². The van der Waals surface area contributed by atoms with Gasteiger partial charge in [-0.05, 0) is 54.4 Å². The topological polar surface area (TPSA) is 92.8 Å². The van der Waals surface area contributed by atoms with Gasteiger partial charge >= 0.3 is 5.97 Å². The lowest BCUT2D eigenvalue weighted by Gasteiger charge is -2.19. The van der Waals surface area contributed by atoms with Crippen LogP contribution in [0.1, 0.15) is 15.9 Å². The van der Waals surface area contributed by atoms with Gasteiger partial charge in [-0.25, -0.2) is 17.6 Å². The number of amides is 1. The van der Waals surface area contributed by atoms with E-state index in [1.54, 1.807) is 12.1 Å². The minimum absolute atomic E-state index is 0.00364. The molecule has 0 fully saturated rings. The summed E-state index contributed by atoms with van der Waals surface area (Å²) in [4.78, 5) is 24.4. The number of hydrogen-bond donors (Lipinski definition) is 1. The molecular weight excluding hydrogens is 471 g/mol. The maximum atomic E-state index is 13.2. The zero-order valence-electron chi connectivity index (χ0n) is 17.1. The molecule has 1 N–H and O–H groups in total. The summed E-state index contributed by atoms with van der Waals surface area (Å²) in [6.07, 6.45) is 0.602. The van der Waals surface area contributed by atoms with E-state index in [0.717, 1.165) is 17.7 Å². The van der Waals surface area contributed by atoms with Crippen molar-refractivity contribution in [3.63, 3.8) is 0 Å². The van der Waals surface area contributed by atoms with Crippen molar-refractivity contribution in [3.8, 4) is 0 Å². The molecule has 33 heavy (non-hydrogen) atoms. The molecule has 3 aromatic carbocycles. The van der Waals surface area contributed by atoms with Gasteiger partial charge in [-0.2, -0.15) is 0 Å². The van der Waals surface area contributed by atoms with Gasteiger partial charge < -0.3 is 10.1 Å². The molecular formula is C23H18ClFN2O5S. The van der Waals surface area contributed by atoms with Crippen molar-refractivity contribution in [3.05, 3.63) is 88.7 Å². The number of para-hydroxylation sites is 1. The van der Waals surface area contributed by atoms with Gasteiger partial charge in [0, 0.05) is 6.54 Å². The second-order valence-corrected chi connectivity index (χ2v) is 9.50. The van der Waals surface area contributed by atoms with Crippen LogP contribution >= 0.6 is 11.6 Å². The van der Waals surface area contributed by atoms with E-state index < -0.39 is 34.3 Å².